The molecule has 0 bridgehead atoms. The molecule has 0 unspecified atom stereocenters. The third kappa shape index (κ3) is 6.01. The lowest BCUT2D eigenvalue weighted by atomic mass is 9.93. The zero-order valence-electron chi connectivity index (χ0n) is 16.8. The van der Waals surface area contributed by atoms with Crippen molar-refractivity contribution in [2.45, 2.75) is 44.7 Å². The van der Waals surface area contributed by atoms with Gasteiger partial charge in [-0.25, -0.2) is 0 Å². The van der Waals surface area contributed by atoms with Gasteiger partial charge in [0.1, 0.15) is 0 Å². The van der Waals surface area contributed by atoms with E-state index < -0.39 is 0 Å². The third-order valence-electron chi connectivity index (χ3n) is 5.93. The second kappa shape index (κ2) is 10.5. The van der Waals surface area contributed by atoms with E-state index >= 15 is 0 Å². The van der Waals surface area contributed by atoms with Gasteiger partial charge in [0.15, 0.2) is 0 Å². The van der Waals surface area contributed by atoms with E-state index in [1.54, 1.807) is 6.20 Å². The minimum atomic E-state index is -0.141. The molecule has 0 aliphatic carbocycles. The van der Waals surface area contributed by atoms with Crippen LogP contribution in [0.1, 0.15) is 37.8 Å². The second-order valence-corrected chi connectivity index (χ2v) is 7.77. The molecule has 1 aromatic rings. The molecule has 2 fully saturated rings. The fourth-order valence-corrected chi connectivity index (χ4v) is 4.24. The van der Waals surface area contributed by atoms with Crippen LogP contribution in [0.4, 0.5) is 0 Å². The molecule has 0 saturated carbocycles. The van der Waals surface area contributed by atoms with Gasteiger partial charge in [-0.2, -0.15) is 0 Å². The summed E-state index contributed by atoms with van der Waals surface area (Å²) in [7, 11) is 1.44. The average Bonchev–Trinajstić information content (AvgIpc) is 2.77. The van der Waals surface area contributed by atoms with E-state index in [0.717, 1.165) is 64.1 Å². The first-order valence-electron chi connectivity index (χ1n) is 10.4. The normalized spacial score (nSPS) is 22.0. The maximum absolute atomic E-state index is 12.6. The summed E-state index contributed by atoms with van der Waals surface area (Å²) in [5.74, 6) is 0.0680. The van der Waals surface area contributed by atoms with Crippen LogP contribution in [0.25, 0.3) is 0 Å². The number of esters is 1. The highest BCUT2D eigenvalue weighted by Crippen LogP contribution is 2.24. The molecule has 1 amide bonds. The van der Waals surface area contributed by atoms with Crippen molar-refractivity contribution in [3.8, 4) is 0 Å². The van der Waals surface area contributed by atoms with Gasteiger partial charge in [0, 0.05) is 25.3 Å². The summed E-state index contributed by atoms with van der Waals surface area (Å²) in [6.07, 6.45) is 6.45. The van der Waals surface area contributed by atoms with E-state index in [1.807, 2.05) is 18.2 Å². The highest BCUT2D eigenvalue weighted by atomic mass is 16.5. The molecule has 154 valence electrons. The number of likely N-dealkylation sites (tertiary alicyclic amines) is 2. The first-order valence-corrected chi connectivity index (χ1v) is 10.4. The molecule has 0 radical (unpaired) electrons. The number of amides is 1. The Morgan fingerprint density at radius 1 is 1.21 bits per heavy atom. The van der Waals surface area contributed by atoms with Crippen LogP contribution in [-0.2, 0) is 20.9 Å². The number of piperidine rings is 2. The van der Waals surface area contributed by atoms with E-state index in [9.17, 15) is 9.59 Å². The van der Waals surface area contributed by atoms with Crippen LogP contribution in [-0.4, -0.2) is 72.5 Å². The van der Waals surface area contributed by atoms with E-state index in [0.29, 0.717) is 19.0 Å². The number of nitrogens with one attached hydrogen (secondary N) is 1. The number of aromatic nitrogens is 1. The Labute approximate surface area is 167 Å². The van der Waals surface area contributed by atoms with Crippen molar-refractivity contribution in [3.05, 3.63) is 30.1 Å². The van der Waals surface area contributed by atoms with E-state index in [1.165, 1.54) is 7.11 Å². The monoisotopic (exact) mass is 388 g/mol. The fraction of sp³-hybridized carbons (Fsp3) is 0.667. The second-order valence-electron chi connectivity index (χ2n) is 7.77. The molecule has 28 heavy (non-hydrogen) atoms. The number of ether oxygens (including phenoxy) is 1. The summed E-state index contributed by atoms with van der Waals surface area (Å²) >= 11 is 0. The Morgan fingerprint density at radius 3 is 2.75 bits per heavy atom. The van der Waals surface area contributed by atoms with Crippen molar-refractivity contribution in [3.63, 3.8) is 0 Å². The highest BCUT2D eigenvalue weighted by molar-refractivity contribution is 5.78. The van der Waals surface area contributed by atoms with Crippen LogP contribution in [0.5, 0.6) is 0 Å². The van der Waals surface area contributed by atoms with Gasteiger partial charge in [-0.1, -0.05) is 6.07 Å². The summed E-state index contributed by atoms with van der Waals surface area (Å²) in [6, 6.07) is 6.29. The van der Waals surface area contributed by atoms with Gasteiger partial charge in [-0.05, 0) is 57.5 Å². The maximum Gasteiger partial charge on any atom is 0.306 e. The summed E-state index contributed by atoms with van der Waals surface area (Å²) in [6.45, 7) is 5.22. The maximum atomic E-state index is 12.6. The highest BCUT2D eigenvalue weighted by Gasteiger charge is 2.31. The van der Waals surface area contributed by atoms with Crippen LogP contribution < -0.4 is 5.32 Å². The molecule has 1 aromatic heterocycles. The number of methoxy groups -OCH3 is 1. The number of hydrogen-bond acceptors (Lipinski definition) is 6. The largest absolute Gasteiger partial charge is 0.469 e. The Balaban J connectivity index is 1.41. The zero-order chi connectivity index (χ0) is 19.8. The predicted molar refractivity (Wildman–Crippen MR) is 106 cm³/mol. The van der Waals surface area contributed by atoms with Crippen molar-refractivity contribution in [1.82, 2.24) is 20.1 Å². The molecule has 7 heteroatoms. The molecule has 1 atom stereocenters. The number of pyridine rings is 1. The molecule has 2 saturated heterocycles. The summed E-state index contributed by atoms with van der Waals surface area (Å²) < 4.78 is 4.72. The van der Waals surface area contributed by atoms with Gasteiger partial charge in [0.2, 0.25) is 5.91 Å². The van der Waals surface area contributed by atoms with Crippen LogP contribution in [0, 0.1) is 5.92 Å². The van der Waals surface area contributed by atoms with Crippen molar-refractivity contribution in [2.24, 2.45) is 5.92 Å². The lowest BCUT2D eigenvalue weighted by Crippen LogP contribution is -2.50. The topological polar surface area (TPSA) is 74.8 Å². The van der Waals surface area contributed by atoms with Crippen LogP contribution in [0.3, 0.4) is 0 Å². The first kappa shape index (κ1) is 20.7. The Morgan fingerprint density at radius 2 is 2.04 bits per heavy atom. The van der Waals surface area contributed by atoms with Crippen molar-refractivity contribution < 1.29 is 14.3 Å². The summed E-state index contributed by atoms with van der Waals surface area (Å²) in [4.78, 5) is 33.0. The summed E-state index contributed by atoms with van der Waals surface area (Å²) in [5, 5.41) is 3.05. The van der Waals surface area contributed by atoms with E-state index in [4.69, 9.17) is 4.74 Å². The van der Waals surface area contributed by atoms with Gasteiger partial charge in [0.25, 0.3) is 0 Å². The summed E-state index contributed by atoms with van der Waals surface area (Å²) in [5.41, 5.74) is 0.892. The Hall–Kier alpha value is -1.99. The SMILES string of the molecule is COC(=O)CCN1CCC(N2CCC[C@@H](C(=O)NCc3ccccn3)C2)CC1. The van der Waals surface area contributed by atoms with E-state index in [2.05, 4.69) is 20.1 Å². The van der Waals surface area contributed by atoms with Crippen LogP contribution in [0.15, 0.2) is 24.4 Å². The molecule has 2 aliphatic heterocycles. The fourth-order valence-electron chi connectivity index (χ4n) is 4.24. The zero-order valence-corrected chi connectivity index (χ0v) is 16.8. The number of hydrogen-bond donors (Lipinski definition) is 1. The quantitative estimate of drug-likeness (QED) is 0.713. The van der Waals surface area contributed by atoms with Gasteiger partial charge in [0.05, 0.1) is 31.7 Å². The van der Waals surface area contributed by atoms with Crippen LogP contribution in [0.2, 0.25) is 0 Å². The smallest absolute Gasteiger partial charge is 0.306 e. The predicted octanol–water partition coefficient (Wildman–Crippen LogP) is 1.44. The molecule has 3 heterocycles. The molecule has 0 spiro atoms. The van der Waals surface area contributed by atoms with E-state index in [-0.39, 0.29) is 17.8 Å². The first-order chi connectivity index (χ1) is 13.7. The number of carbonyl (C=O) groups excluding carboxylic acids is 2. The number of rotatable bonds is 7. The molecular weight excluding hydrogens is 356 g/mol. The van der Waals surface area contributed by atoms with Gasteiger partial charge in [-0.3, -0.25) is 19.5 Å². The minimum absolute atomic E-state index is 0.0646. The third-order valence-corrected chi connectivity index (χ3v) is 5.93. The molecule has 2 aliphatic rings. The Bertz CT molecular complexity index is 632. The van der Waals surface area contributed by atoms with Crippen molar-refractivity contribution in [1.29, 1.82) is 0 Å². The van der Waals surface area contributed by atoms with Crippen LogP contribution >= 0.6 is 0 Å². The van der Waals surface area contributed by atoms with Crippen molar-refractivity contribution >= 4 is 11.9 Å². The van der Waals surface area contributed by atoms with Gasteiger partial charge in [-0.15, -0.1) is 0 Å². The average molecular weight is 389 g/mol. The number of nitrogens with zero attached hydrogens (tertiary/aromatic N) is 3. The standard InChI is InChI=1S/C21H32N4O3/c1-28-20(26)9-14-24-12-7-19(8-13-24)25-11-4-5-17(16-25)21(27)23-15-18-6-2-3-10-22-18/h2-3,6,10,17,19H,4-5,7-9,11-16H2,1H3,(H,23,27)/t17-/m1/s1. The molecule has 1 N–H and O–H groups in total. The molecular formula is C21H32N4O3. The lowest BCUT2D eigenvalue weighted by molar-refractivity contribution is -0.141. The van der Waals surface area contributed by atoms with Crippen molar-refractivity contribution in [2.75, 3.05) is 39.8 Å². The van der Waals surface area contributed by atoms with Gasteiger partial charge < -0.3 is 15.0 Å². The van der Waals surface area contributed by atoms with Gasteiger partial charge >= 0.3 is 5.97 Å². The molecule has 7 nitrogen and oxygen atoms in total. The molecule has 0 aromatic carbocycles. The lowest BCUT2D eigenvalue weighted by Gasteiger charge is -2.42. The molecule has 3 rings (SSSR count). The Kier molecular flexibility index (Phi) is 7.80. The minimum Gasteiger partial charge on any atom is -0.469 e. The number of carbonyl (C=O) groups is 2.